The van der Waals surface area contributed by atoms with Crippen LogP contribution in [0.25, 0.3) is 11.5 Å². The number of thioether (sulfide) groups is 1. The Balaban J connectivity index is 1.81. The Labute approximate surface area is 129 Å². The molecule has 0 aliphatic heterocycles. The molecule has 2 aromatic heterocycles. The second-order valence-corrected chi connectivity index (χ2v) is 5.80. The molecule has 112 valence electrons. The minimum Gasteiger partial charge on any atom is -0.411 e. The highest BCUT2D eigenvalue weighted by Gasteiger charge is 2.20. The van der Waals surface area contributed by atoms with Crippen LogP contribution >= 0.6 is 11.8 Å². The standard InChI is InChI=1S/C15H11F2N3OS/c1-9(13-11(16)3-2-4-12(13)17)22-15-20-19-14(21-15)10-5-7-18-8-6-10/h2-9H,1H3. The van der Waals surface area contributed by atoms with Crippen molar-refractivity contribution in [2.45, 2.75) is 17.4 Å². The second kappa shape index (κ2) is 6.23. The molecule has 1 aromatic carbocycles. The maximum absolute atomic E-state index is 13.7. The Bertz CT molecular complexity index is 759. The first-order valence-corrected chi connectivity index (χ1v) is 7.37. The van der Waals surface area contributed by atoms with Gasteiger partial charge in [-0.05, 0) is 31.2 Å². The maximum atomic E-state index is 13.7. The molecule has 0 aliphatic carbocycles. The number of benzene rings is 1. The van der Waals surface area contributed by atoms with E-state index in [9.17, 15) is 8.78 Å². The summed E-state index contributed by atoms with van der Waals surface area (Å²) in [5, 5.41) is 7.58. The van der Waals surface area contributed by atoms with Crippen molar-refractivity contribution in [3.63, 3.8) is 0 Å². The van der Waals surface area contributed by atoms with E-state index >= 15 is 0 Å². The lowest BCUT2D eigenvalue weighted by atomic mass is 10.1. The molecule has 0 spiro atoms. The van der Waals surface area contributed by atoms with Crippen LogP contribution in [0.15, 0.2) is 52.4 Å². The fraction of sp³-hybridized carbons (Fsp3) is 0.133. The van der Waals surface area contributed by atoms with E-state index in [0.29, 0.717) is 5.89 Å². The number of hydrogen-bond acceptors (Lipinski definition) is 5. The van der Waals surface area contributed by atoms with Gasteiger partial charge in [-0.1, -0.05) is 17.8 Å². The lowest BCUT2D eigenvalue weighted by Crippen LogP contribution is -1.97. The van der Waals surface area contributed by atoms with Crippen molar-refractivity contribution in [1.29, 1.82) is 0 Å². The van der Waals surface area contributed by atoms with Crippen LogP contribution in [-0.4, -0.2) is 15.2 Å². The molecule has 0 bridgehead atoms. The Morgan fingerprint density at radius 2 is 1.73 bits per heavy atom. The molecule has 1 atom stereocenters. The van der Waals surface area contributed by atoms with E-state index in [1.54, 1.807) is 31.5 Å². The van der Waals surface area contributed by atoms with E-state index in [1.807, 2.05) is 0 Å². The zero-order chi connectivity index (χ0) is 15.5. The fourth-order valence-electron chi connectivity index (χ4n) is 1.98. The van der Waals surface area contributed by atoms with Gasteiger partial charge in [-0.25, -0.2) is 8.78 Å². The summed E-state index contributed by atoms with van der Waals surface area (Å²) >= 11 is 1.10. The summed E-state index contributed by atoms with van der Waals surface area (Å²) in [5.41, 5.74) is 0.732. The van der Waals surface area contributed by atoms with Crippen molar-refractivity contribution in [3.8, 4) is 11.5 Å². The first kappa shape index (κ1) is 14.6. The Kier molecular flexibility index (Phi) is 4.15. The summed E-state index contributed by atoms with van der Waals surface area (Å²) < 4.78 is 33.0. The average Bonchev–Trinajstić information content (AvgIpc) is 2.96. The van der Waals surface area contributed by atoms with Gasteiger partial charge in [0.15, 0.2) is 0 Å². The average molecular weight is 319 g/mol. The van der Waals surface area contributed by atoms with Gasteiger partial charge in [-0.2, -0.15) is 0 Å². The predicted molar refractivity (Wildman–Crippen MR) is 78.2 cm³/mol. The number of pyridine rings is 1. The molecule has 0 amide bonds. The lowest BCUT2D eigenvalue weighted by molar-refractivity contribution is 0.464. The normalized spacial score (nSPS) is 12.3. The molecule has 3 aromatic rings. The topological polar surface area (TPSA) is 51.8 Å². The van der Waals surface area contributed by atoms with Crippen molar-refractivity contribution in [3.05, 3.63) is 59.9 Å². The first-order chi connectivity index (χ1) is 10.6. The molecule has 0 radical (unpaired) electrons. The van der Waals surface area contributed by atoms with Crippen molar-refractivity contribution in [2.75, 3.05) is 0 Å². The Hall–Kier alpha value is -2.28. The first-order valence-electron chi connectivity index (χ1n) is 6.49. The monoisotopic (exact) mass is 319 g/mol. The number of aromatic nitrogens is 3. The highest BCUT2D eigenvalue weighted by Crippen LogP contribution is 2.37. The molecule has 0 saturated heterocycles. The second-order valence-electron chi connectivity index (χ2n) is 4.50. The summed E-state index contributed by atoms with van der Waals surface area (Å²) in [6, 6.07) is 7.26. The molecule has 22 heavy (non-hydrogen) atoms. The highest BCUT2D eigenvalue weighted by molar-refractivity contribution is 7.99. The van der Waals surface area contributed by atoms with Gasteiger partial charge in [0.2, 0.25) is 5.89 Å². The maximum Gasteiger partial charge on any atom is 0.277 e. The zero-order valence-electron chi connectivity index (χ0n) is 11.5. The third kappa shape index (κ3) is 2.99. The molecule has 2 heterocycles. The van der Waals surface area contributed by atoms with Crippen molar-refractivity contribution >= 4 is 11.8 Å². The van der Waals surface area contributed by atoms with E-state index in [4.69, 9.17) is 4.42 Å². The van der Waals surface area contributed by atoms with Gasteiger partial charge in [0.1, 0.15) is 11.6 Å². The summed E-state index contributed by atoms with van der Waals surface area (Å²) in [7, 11) is 0. The van der Waals surface area contributed by atoms with E-state index in [0.717, 1.165) is 17.3 Å². The van der Waals surface area contributed by atoms with Crippen LogP contribution in [0.5, 0.6) is 0 Å². The van der Waals surface area contributed by atoms with Gasteiger partial charge in [0.25, 0.3) is 5.22 Å². The van der Waals surface area contributed by atoms with Crippen LogP contribution < -0.4 is 0 Å². The van der Waals surface area contributed by atoms with E-state index in [1.165, 1.54) is 18.2 Å². The minimum atomic E-state index is -0.589. The summed E-state index contributed by atoms with van der Waals surface area (Å²) in [4.78, 5) is 3.91. The molecule has 4 nitrogen and oxygen atoms in total. The van der Waals surface area contributed by atoms with Gasteiger partial charge >= 0.3 is 0 Å². The quantitative estimate of drug-likeness (QED) is 0.672. The van der Waals surface area contributed by atoms with Crippen molar-refractivity contribution < 1.29 is 13.2 Å². The lowest BCUT2D eigenvalue weighted by Gasteiger charge is -2.10. The number of hydrogen-bond donors (Lipinski definition) is 0. The minimum absolute atomic E-state index is 0.00355. The smallest absolute Gasteiger partial charge is 0.277 e. The van der Waals surface area contributed by atoms with Crippen LogP contribution in [0.2, 0.25) is 0 Å². The van der Waals surface area contributed by atoms with Crippen LogP contribution in [0.1, 0.15) is 17.7 Å². The number of rotatable bonds is 4. The Morgan fingerprint density at radius 3 is 2.41 bits per heavy atom. The summed E-state index contributed by atoms with van der Waals surface area (Å²) in [6.07, 6.45) is 3.23. The highest BCUT2D eigenvalue weighted by atomic mass is 32.2. The van der Waals surface area contributed by atoms with E-state index in [-0.39, 0.29) is 10.8 Å². The van der Waals surface area contributed by atoms with Crippen LogP contribution in [-0.2, 0) is 0 Å². The van der Waals surface area contributed by atoms with Gasteiger partial charge in [0, 0.05) is 28.8 Å². The zero-order valence-corrected chi connectivity index (χ0v) is 12.3. The van der Waals surface area contributed by atoms with Gasteiger partial charge in [-0.15, -0.1) is 10.2 Å². The van der Waals surface area contributed by atoms with Gasteiger partial charge in [0.05, 0.1) is 0 Å². The number of halogens is 2. The van der Waals surface area contributed by atoms with Gasteiger partial charge in [-0.3, -0.25) is 4.98 Å². The molecule has 3 rings (SSSR count). The molecule has 0 saturated carbocycles. The number of nitrogens with zero attached hydrogens (tertiary/aromatic N) is 3. The van der Waals surface area contributed by atoms with Crippen molar-refractivity contribution in [1.82, 2.24) is 15.2 Å². The molecular formula is C15H11F2N3OS. The third-order valence-corrected chi connectivity index (χ3v) is 3.97. The fourth-order valence-corrected chi connectivity index (χ4v) is 2.84. The predicted octanol–water partition coefficient (Wildman–Crippen LogP) is 4.26. The van der Waals surface area contributed by atoms with Gasteiger partial charge < -0.3 is 4.42 Å². The summed E-state index contributed by atoms with van der Waals surface area (Å²) in [5.74, 6) is -0.839. The molecule has 0 N–H and O–H groups in total. The molecule has 1 unspecified atom stereocenters. The SMILES string of the molecule is CC(Sc1nnc(-c2ccncc2)o1)c1c(F)cccc1F. The molecule has 0 aliphatic rings. The van der Waals surface area contributed by atoms with E-state index in [2.05, 4.69) is 15.2 Å². The summed E-state index contributed by atoms with van der Waals surface area (Å²) in [6.45, 7) is 1.68. The molecule has 0 fully saturated rings. The van der Waals surface area contributed by atoms with Crippen LogP contribution in [0.4, 0.5) is 8.78 Å². The molecular weight excluding hydrogens is 308 g/mol. The van der Waals surface area contributed by atoms with Crippen LogP contribution in [0, 0.1) is 11.6 Å². The van der Waals surface area contributed by atoms with Crippen LogP contribution in [0.3, 0.4) is 0 Å². The third-order valence-electron chi connectivity index (χ3n) is 3.02. The molecule has 7 heteroatoms. The van der Waals surface area contributed by atoms with Crippen molar-refractivity contribution in [2.24, 2.45) is 0 Å². The van der Waals surface area contributed by atoms with E-state index < -0.39 is 16.9 Å². The largest absolute Gasteiger partial charge is 0.411 e. The Morgan fingerprint density at radius 1 is 1.05 bits per heavy atom.